The molecule has 0 saturated heterocycles. The van der Waals surface area contributed by atoms with Gasteiger partial charge in [0.15, 0.2) is 0 Å². The van der Waals surface area contributed by atoms with Gasteiger partial charge in [0, 0.05) is 12.4 Å². The molecule has 0 bridgehead atoms. The number of rotatable bonds is 1. The standard InChI is InChI=1S/C8H7NO/c1-2-8(10)7-3-5-9-6-4-7/h1,3-6,8,10H. The van der Waals surface area contributed by atoms with Crippen molar-refractivity contribution in [3.05, 3.63) is 30.1 Å². The summed E-state index contributed by atoms with van der Waals surface area (Å²) in [5.41, 5.74) is 0.706. The Morgan fingerprint density at radius 2 is 2.10 bits per heavy atom. The Morgan fingerprint density at radius 1 is 1.50 bits per heavy atom. The van der Waals surface area contributed by atoms with Crippen LogP contribution in [0.15, 0.2) is 24.5 Å². The van der Waals surface area contributed by atoms with Crippen LogP contribution in [0, 0.1) is 12.3 Å². The summed E-state index contributed by atoms with van der Waals surface area (Å²) in [7, 11) is 0. The molecule has 1 aromatic heterocycles. The minimum absolute atomic E-state index is 0.706. The van der Waals surface area contributed by atoms with Crippen molar-refractivity contribution in [2.45, 2.75) is 6.10 Å². The lowest BCUT2D eigenvalue weighted by Crippen LogP contribution is -1.91. The lowest BCUT2D eigenvalue weighted by Gasteiger charge is -1.99. The number of hydrogen-bond donors (Lipinski definition) is 1. The number of aliphatic hydroxyl groups is 1. The highest BCUT2D eigenvalue weighted by molar-refractivity contribution is 5.20. The zero-order chi connectivity index (χ0) is 7.40. The van der Waals surface area contributed by atoms with Crippen molar-refractivity contribution < 1.29 is 5.11 Å². The van der Waals surface area contributed by atoms with Gasteiger partial charge >= 0.3 is 0 Å². The van der Waals surface area contributed by atoms with Crippen LogP contribution >= 0.6 is 0 Å². The summed E-state index contributed by atoms with van der Waals surface area (Å²) >= 11 is 0. The number of terminal acetylenes is 1. The third kappa shape index (κ3) is 1.34. The number of aliphatic hydroxyl groups excluding tert-OH is 1. The quantitative estimate of drug-likeness (QED) is 0.573. The van der Waals surface area contributed by atoms with Crippen molar-refractivity contribution in [2.24, 2.45) is 0 Å². The highest BCUT2D eigenvalue weighted by atomic mass is 16.3. The van der Waals surface area contributed by atoms with Gasteiger partial charge in [-0.3, -0.25) is 4.98 Å². The monoisotopic (exact) mass is 133 g/mol. The maximum Gasteiger partial charge on any atom is 0.140 e. The first-order valence-corrected chi connectivity index (χ1v) is 2.88. The molecule has 0 spiro atoms. The summed E-state index contributed by atoms with van der Waals surface area (Å²) in [6.07, 6.45) is 7.37. The van der Waals surface area contributed by atoms with E-state index in [1.165, 1.54) is 0 Å². The van der Waals surface area contributed by atoms with Gasteiger partial charge in [-0.2, -0.15) is 0 Å². The van der Waals surface area contributed by atoms with Gasteiger partial charge in [0.05, 0.1) is 0 Å². The van der Waals surface area contributed by atoms with Crippen LogP contribution < -0.4 is 0 Å². The van der Waals surface area contributed by atoms with Gasteiger partial charge in [0.2, 0.25) is 0 Å². The van der Waals surface area contributed by atoms with E-state index in [0.29, 0.717) is 5.56 Å². The molecule has 1 heterocycles. The van der Waals surface area contributed by atoms with Crippen molar-refractivity contribution in [2.75, 3.05) is 0 Å². The molecule has 1 unspecified atom stereocenters. The second-order valence-electron chi connectivity index (χ2n) is 1.85. The van der Waals surface area contributed by atoms with E-state index in [4.69, 9.17) is 11.5 Å². The fourth-order valence-corrected chi connectivity index (χ4v) is 0.642. The van der Waals surface area contributed by atoms with E-state index in [1.807, 2.05) is 0 Å². The maximum absolute atomic E-state index is 9.07. The van der Waals surface area contributed by atoms with Crippen molar-refractivity contribution >= 4 is 0 Å². The van der Waals surface area contributed by atoms with Crippen LogP contribution in [-0.2, 0) is 0 Å². The van der Waals surface area contributed by atoms with Gasteiger partial charge in [-0.25, -0.2) is 0 Å². The summed E-state index contributed by atoms with van der Waals surface area (Å²) in [4.78, 5) is 3.78. The van der Waals surface area contributed by atoms with Crippen LogP contribution in [0.2, 0.25) is 0 Å². The molecule has 1 aromatic rings. The Kier molecular flexibility index (Phi) is 2.03. The molecule has 10 heavy (non-hydrogen) atoms. The van der Waals surface area contributed by atoms with Crippen molar-refractivity contribution in [3.8, 4) is 12.3 Å². The third-order valence-electron chi connectivity index (χ3n) is 1.18. The average molecular weight is 133 g/mol. The van der Waals surface area contributed by atoms with E-state index in [-0.39, 0.29) is 0 Å². The molecule has 0 saturated carbocycles. The molecule has 1 rings (SSSR count). The Balaban J connectivity index is 2.88. The van der Waals surface area contributed by atoms with E-state index < -0.39 is 6.10 Å². The Hall–Kier alpha value is -1.33. The Labute approximate surface area is 59.5 Å². The fourth-order valence-electron chi connectivity index (χ4n) is 0.642. The van der Waals surface area contributed by atoms with Crippen molar-refractivity contribution in [1.29, 1.82) is 0 Å². The number of hydrogen-bond acceptors (Lipinski definition) is 2. The summed E-state index contributed by atoms with van der Waals surface area (Å²) in [5.74, 6) is 2.21. The lowest BCUT2D eigenvalue weighted by molar-refractivity contribution is 0.238. The van der Waals surface area contributed by atoms with Crippen molar-refractivity contribution in [3.63, 3.8) is 0 Å². The highest BCUT2D eigenvalue weighted by Crippen LogP contribution is 2.08. The molecule has 0 aliphatic rings. The van der Waals surface area contributed by atoms with E-state index in [0.717, 1.165) is 0 Å². The Morgan fingerprint density at radius 3 is 2.60 bits per heavy atom. The van der Waals surface area contributed by atoms with Crippen LogP contribution in [-0.4, -0.2) is 10.1 Å². The predicted octanol–water partition coefficient (Wildman–Crippen LogP) is 0.748. The molecular weight excluding hydrogens is 126 g/mol. The number of pyridine rings is 1. The van der Waals surface area contributed by atoms with E-state index >= 15 is 0 Å². The zero-order valence-electron chi connectivity index (χ0n) is 5.36. The highest BCUT2D eigenvalue weighted by Gasteiger charge is 1.99. The average Bonchev–Trinajstić information content (AvgIpc) is 2.05. The molecule has 0 aliphatic heterocycles. The van der Waals surface area contributed by atoms with Gasteiger partial charge in [0.1, 0.15) is 6.10 Å². The van der Waals surface area contributed by atoms with Crippen LogP contribution in [0.1, 0.15) is 11.7 Å². The molecule has 0 aliphatic carbocycles. The summed E-state index contributed by atoms with van der Waals surface area (Å²) in [6.45, 7) is 0. The van der Waals surface area contributed by atoms with Gasteiger partial charge in [-0.05, 0) is 17.7 Å². The first-order chi connectivity index (χ1) is 4.84. The van der Waals surface area contributed by atoms with Gasteiger partial charge in [-0.1, -0.05) is 5.92 Å². The van der Waals surface area contributed by atoms with Crippen LogP contribution in [0.25, 0.3) is 0 Å². The Bertz CT molecular complexity index is 237. The number of nitrogens with zero attached hydrogens (tertiary/aromatic N) is 1. The van der Waals surface area contributed by atoms with E-state index in [9.17, 15) is 0 Å². The fraction of sp³-hybridized carbons (Fsp3) is 0.125. The summed E-state index contributed by atoms with van der Waals surface area (Å²) in [5, 5.41) is 9.07. The largest absolute Gasteiger partial charge is 0.376 e. The minimum atomic E-state index is -0.803. The van der Waals surface area contributed by atoms with Crippen LogP contribution in [0.4, 0.5) is 0 Å². The minimum Gasteiger partial charge on any atom is -0.376 e. The molecule has 2 nitrogen and oxygen atoms in total. The predicted molar refractivity (Wildman–Crippen MR) is 38.0 cm³/mol. The molecule has 1 atom stereocenters. The smallest absolute Gasteiger partial charge is 0.140 e. The molecule has 0 radical (unpaired) electrons. The number of aromatic nitrogens is 1. The van der Waals surface area contributed by atoms with E-state index in [1.54, 1.807) is 24.5 Å². The molecule has 0 fully saturated rings. The maximum atomic E-state index is 9.07. The van der Waals surface area contributed by atoms with Gasteiger partial charge in [-0.15, -0.1) is 6.42 Å². The van der Waals surface area contributed by atoms with E-state index in [2.05, 4.69) is 10.9 Å². The normalized spacial score (nSPS) is 12.0. The first kappa shape index (κ1) is 6.79. The van der Waals surface area contributed by atoms with Gasteiger partial charge < -0.3 is 5.11 Å². The van der Waals surface area contributed by atoms with Crippen LogP contribution in [0.3, 0.4) is 0 Å². The SMILES string of the molecule is C#CC(O)c1ccncc1. The lowest BCUT2D eigenvalue weighted by atomic mass is 10.2. The third-order valence-corrected chi connectivity index (χ3v) is 1.18. The zero-order valence-corrected chi connectivity index (χ0v) is 5.36. The molecule has 0 aromatic carbocycles. The molecular formula is C8H7NO. The second-order valence-corrected chi connectivity index (χ2v) is 1.85. The molecule has 2 heteroatoms. The first-order valence-electron chi connectivity index (χ1n) is 2.88. The summed E-state index contributed by atoms with van der Waals surface area (Å²) < 4.78 is 0. The molecule has 1 N–H and O–H groups in total. The molecule has 50 valence electrons. The van der Waals surface area contributed by atoms with Gasteiger partial charge in [0.25, 0.3) is 0 Å². The molecule has 0 amide bonds. The van der Waals surface area contributed by atoms with Crippen molar-refractivity contribution in [1.82, 2.24) is 4.98 Å². The summed E-state index contributed by atoms with van der Waals surface area (Å²) in [6, 6.07) is 3.37. The topological polar surface area (TPSA) is 33.1 Å². The van der Waals surface area contributed by atoms with Crippen LogP contribution in [0.5, 0.6) is 0 Å². The second kappa shape index (κ2) is 3.00.